The number of nitrogens with zero attached hydrogens (tertiary/aromatic N) is 3. The van der Waals surface area contributed by atoms with Crippen molar-refractivity contribution in [2.24, 2.45) is 11.5 Å². The van der Waals surface area contributed by atoms with Crippen LogP contribution in [0.5, 0.6) is 0 Å². The van der Waals surface area contributed by atoms with Crippen LogP contribution in [0.25, 0.3) is 0 Å². The first-order valence-electron chi connectivity index (χ1n) is 17.2. The average molecular weight is 644 g/mol. The molecule has 0 aromatic rings. The molecule has 45 heavy (non-hydrogen) atoms. The van der Waals surface area contributed by atoms with Crippen LogP contribution in [0, 0.1) is 0 Å². The Bertz CT molecular complexity index is 819. The second kappa shape index (κ2) is 22.3. The molecule has 0 unspecified atom stereocenters. The summed E-state index contributed by atoms with van der Waals surface area (Å²) in [4.78, 5) is 44.2. The molecule has 0 atom stereocenters. The first-order chi connectivity index (χ1) is 20.9. The number of hydrogen-bond acceptors (Lipinski definition) is 8. The van der Waals surface area contributed by atoms with Crippen LogP contribution in [0.3, 0.4) is 0 Å². The zero-order valence-electron chi connectivity index (χ0n) is 30.4. The minimum atomic E-state index is -0.638. The third-order valence-electron chi connectivity index (χ3n) is 6.72. The van der Waals surface area contributed by atoms with Crippen LogP contribution in [0.2, 0.25) is 0 Å². The minimum Gasteiger partial charge on any atom is -0.444 e. The van der Waals surface area contributed by atoms with Gasteiger partial charge in [0, 0.05) is 39.3 Å². The van der Waals surface area contributed by atoms with Gasteiger partial charge in [0.15, 0.2) is 0 Å². The zero-order valence-corrected chi connectivity index (χ0v) is 30.4. The van der Waals surface area contributed by atoms with Crippen molar-refractivity contribution in [3.63, 3.8) is 0 Å². The maximum atomic E-state index is 13.2. The number of amides is 3. The molecule has 0 radical (unpaired) electrons. The average Bonchev–Trinajstić information content (AvgIpc) is 2.88. The van der Waals surface area contributed by atoms with Gasteiger partial charge in [-0.25, -0.2) is 14.4 Å². The summed E-state index contributed by atoms with van der Waals surface area (Å²) in [5.74, 6) is 0. The van der Waals surface area contributed by atoms with Gasteiger partial charge >= 0.3 is 18.3 Å². The predicted molar refractivity (Wildman–Crippen MR) is 182 cm³/mol. The summed E-state index contributed by atoms with van der Waals surface area (Å²) in [6, 6.07) is 0. The van der Waals surface area contributed by atoms with E-state index in [0.29, 0.717) is 52.4 Å². The Labute approximate surface area is 275 Å². The molecule has 3 amide bonds. The van der Waals surface area contributed by atoms with Gasteiger partial charge in [-0.3, -0.25) is 0 Å². The SMILES string of the molecule is CC(C)(C)OC(=O)N(CCCCCCN)CCCCCN(CCN(CCCCCCN)C(=O)OC(C)(C)C)C(=O)OC(C)(C)C. The van der Waals surface area contributed by atoms with E-state index in [1.165, 1.54) is 0 Å². The highest BCUT2D eigenvalue weighted by molar-refractivity contribution is 5.69. The number of rotatable bonds is 21. The molecule has 4 N–H and O–H groups in total. The Morgan fingerprint density at radius 2 is 0.622 bits per heavy atom. The fourth-order valence-corrected chi connectivity index (χ4v) is 4.49. The summed E-state index contributed by atoms with van der Waals surface area (Å²) in [6.07, 6.45) is 9.05. The van der Waals surface area contributed by atoms with Crippen molar-refractivity contribution in [1.29, 1.82) is 0 Å². The van der Waals surface area contributed by atoms with Gasteiger partial charge < -0.3 is 40.4 Å². The van der Waals surface area contributed by atoms with Crippen LogP contribution >= 0.6 is 0 Å². The van der Waals surface area contributed by atoms with Crippen LogP contribution in [0.4, 0.5) is 14.4 Å². The Morgan fingerprint density at radius 3 is 0.867 bits per heavy atom. The van der Waals surface area contributed by atoms with Crippen LogP contribution in [0.1, 0.15) is 133 Å². The van der Waals surface area contributed by atoms with Gasteiger partial charge in [0.25, 0.3) is 0 Å². The van der Waals surface area contributed by atoms with Crippen molar-refractivity contribution >= 4 is 18.3 Å². The van der Waals surface area contributed by atoms with Gasteiger partial charge in [0.1, 0.15) is 16.8 Å². The van der Waals surface area contributed by atoms with Crippen molar-refractivity contribution in [1.82, 2.24) is 14.7 Å². The van der Waals surface area contributed by atoms with Crippen LogP contribution < -0.4 is 11.5 Å². The summed E-state index contributed by atoms with van der Waals surface area (Å²) in [5.41, 5.74) is 9.43. The molecular weight excluding hydrogens is 574 g/mol. The Morgan fingerprint density at radius 1 is 0.400 bits per heavy atom. The van der Waals surface area contributed by atoms with Gasteiger partial charge in [-0.1, -0.05) is 25.7 Å². The van der Waals surface area contributed by atoms with Gasteiger partial charge in [0.2, 0.25) is 0 Å². The summed E-state index contributed by atoms with van der Waals surface area (Å²) >= 11 is 0. The largest absolute Gasteiger partial charge is 0.444 e. The van der Waals surface area contributed by atoms with Crippen molar-refractivity contribution in [2.45, 2.75) is 150 Å². The molecule has 0 saturated heterocycles. The lowest BCUT2D eigenvalue weighted by atomic mass is 10.1. The fraction of sp³-hybridized carbons (Fsp3) is 0.912. The third kappa shape index (κ3) is 24.6. The normalized spacial score (nSPS) is 12.1. The molecule has 0 aromatic heterocycles. The molecule has 11 heteroatoms. The molecule has 0 heterocycles. The van der Waals surface area contributed by atoms with Gasteiger partial charge in [-0.2, -0.15) is 0 Å². The summed E-state index contributed by atoms with van der Waals surface area (Å²) in [5, 5.41) is 0. The van der Waals surface area contributed by atoms with Gasteiger partial charge in [0.05, 0.1) is 0 Å². The molecule has 0 saturated carbocycles. The lowest BCUT2D eigenvalue weighted by Gasteiger charge is -2.31. The molecule has 0 aliphatic carbocycles. The van der Waals surface area contributed by atoms with E-state index in [4.69, 9.17) is 25.7 Å². The van der Waals surface area contributed by atoms with Crippen LogP contribution in [-0.4, -0.2) is 102 Å². The minimum absolute atomic E-state index is 0.290. The Hall–Kier alpha value is -2.27. The van der Waals surface area contributed by atoms with E-state index in [-0.39, 0.29) is 12.2 Å². The highest BCUT2D eigenvalue weighted by Crippen LogP contribution is 2.16. The summed E-state index contributed by atoms with van der Waals surface area (Å²) in [6.45, 7) is 21.0. The first kappa shape index (κ1) is 42.7. The molecule has 0 aromatic carbocycles. The highest BCUT2D eigenvalue weighted by Gasteiger charge is 2.26. The van der Waals surface area contributed by atoms with E-state index in [1.54, 1.807) is 14.7 Å². The number of hydrogen-bond donors (Lipinski definition) is 2. The van der Waals surface area contributed by atoms with Crippen molar-refractivity contribution < 1.29 is 28.6 Å². The molecule has 11 nitrogen and oxygen atoms in total. The van der Waals surface area contributed by atoms with Crippen molar-refractivity contribution in [3.05, 3.63) is 0 Å². The second-order valence-corrected chi connectivity index (χ2v) is 14.9. The number of unbranched alkanes of at least 4 members (excludes halogenated alkanes) is 8. The maximum absolute atomic E-state index is 13.2. The van der Waals surface area contributed by atoms with E-state index in [9.17, 15) is 14.4 Å². The van der Waals surface area contributed by atoms with Crippen LogP contribution in [-0.2, 0) is 14.2 Å². The molecule has 0 rings (SSSR count). The molecule has 0 aliphatic rings. The standard InChI is InChI=1S/C34H69N5O6/c1-32(2,3)43-29(40)37(23-17-12-10-15-21-35)24-19-14-20-26-39(31(42)45-34(7,8)9)28-27-38(25-18-13-11-16-22-36)30(41)44-33(4,5)6/h10-28,35-36H2,1-9H3. The quantitative estimate of drug-likeness (QED) is 0.102. The molecule has 0 fully saturated rings. The molecular formula is C34H69N5O6. The summed E-state index contributed by atoms with van der Waals surface area (Å²) < 4.78 is 17.0. The lowest BCUT2D eigenvalue weighted by molar-refractivity contribution is 0.0130. The predicted octanol–water partition coefficient (Wildman–Crippen LogP) is 6.91. The van der Waals surface area contributed by atoms with Gasteiger partial charge in [-0.15, -0.1) is 0 Å². The fourth-order valence-electron chi connectivity index (χ4n) is 4.49. The van der Waals surface area contributed by atoms with Crippen molar-refractivity contribution in [2.75, 3.05) is 52.4 Å². The number of carbonyl (C=O) groups excluding carboxylic acids is 3. The summed E-state index contributed by atoms with van der Waals surface area (Å²) in [7, 11) is 0. The maximum Gasteiger partial charge on any atom is 0.410 e. The molecule has 266 valence electrons. The second-order valence-electron chi connectivity index (χ2n) is 14.9. The lowest BCUT2D eigenvalue weighted by Crippen LogP contribution is -2.45. The smallest absolute Gasteiger partial charge is 0.410 e. The highest BCUT2D eigenvalue weighted by atomic mass is 16.6. The van der Waals surface area contributed by atoms with Crippen molar-refractivity contribution in [3.8, 4) is 0 Å². The molecule has 0 bridgehead atoms. The monoisotopic (exact) mass is 644 g/mol. The molecule has 0 spiro atoms. The number of ether oxygens (including phenoxy) is 3. The zero-order chi connectivity index (χ0) is 34.5. The van der Waals surface area contributed by atoms with Gasteiger partial charge in [-0.05, 0) is 120 Å². The van der Waals surface area contributed by atoms with E-state index in [0.717, 1.165) is 70.6 Å². The van der Waals surface area contributed by atoms with E-state index < -0.39 is 22.9 Å². The number of carbonyl (C=O) groups is 3. The Balaban J connectivity index is 5.29. The topological polar surface area (TPSA) is 141 Å². The number of nitrogens with two attached hydrogens (primary N) is 2. The van der Waals surface area contributed by atoms with E-state index >= 15 is 0 Å². The third-order valence-corrected chi connectivity index (χ3v) is 6.72. The molecule has 0 aliphatic heterocycles. The van der Waals surface area contributed by atoms with E-state index in [2.05, 4.69) is 0 Å². The van der Waals surface area contributed by atoms with Crippen LogP contribution in [0.15, 0.2) is 0 Å². The van der Waals surface area contributed by atoms with E-state index in [1.807, 2.05) is 62.3 Å². The first-order valence-corrected chi connectivity index (χ1v) is 17.2. The Kier molecular flexibility index (Phi) is 21.2.